The van der Waals surface area contributed by atoms with E-state index in [0.29, 0.717) is 36.1 Å². The number of rotatable bonds is 8. The highest BCUT2D eigenvalue weighted by Gasteiger charge is 2.07. The number of hydrogen-bond acceptors (Lipinski definition) is 7. The maximum Gasteiger partial charge on any atom is 0.251 e. The van der Waals surface area contributed by atoms with Crippen LogP contribution < -0.4 is 16.0 Å². The highest BCUT2D eigenvalue weighted by Crippen LogP contribution is 2.16. The van der Waals surface area contributed by atoms with Crippen LogP contribution in [0, 0.1) is 13.8 Å². The van der Waals surface area contributed by atoms with Crippen LogP contribution in [0.5, 0.6) is 0 Å². The molecule has 0 saturated carbocycles. The molecule has 162 valence electrons. The van der Waals surface area contributed by atoms with Gasteiger partial charge in [-0.05, 0) is 55.8 Å². The second-order valence-electron chi connectivity index (χ2n) is 7.21. The highest BCUT2D eigenvalue weighted by molar-refractivity contribution is 5.94. The number of amides is 1. The summed E-state index contributed by atoms with van der Waals surface area (Å²) in [6, 6.07) is 14.9. The Balaban J connectivity index is 1.31. The van der Waals surface area contributed by atoms with Crippen molar-refractivity contribution in [3.63, 3.8) is 0 Å². The van der Waals surface area contributed by atoms with E-state index in [-0.39, 0.29) is 5.91 Å². The molecule has 0 fully saturated rings. The van der Waals surface area contributed by atoms with E-state index in [4.69, 9.17) is 0 Å². The van der Waals surface area contributed by atoms with Crippen molar-refractivity contribution in [2.45, 2.75) is 13.8 Å². The third-order valence-corrected chi connectivity index (χ3v) is 4.60. The van der Waals surface area contributed by atoms with Crippen LogP contribution in [0.15, 0.2) is 67.1 Å². The van der Waals surface area contributed by atoms with Gasteiger partial charge in [-0.1, -0.05) is 6.07 Å². The number of carbonyl (C=O) groups excluding carboxylic acids is 1. The van der Waals surface area contributed by atoms with E-state index in [9.17, 15) is 4.79 Å². The predicted octanol–water partition coefficient (Wildman–Crippen LogP) is 3.26. The zero-order chi connectivity index (χ0) is 22.3. The Morgan fingerprint density at radius 3 is 2.62 bits per heavy atom. The zero-order valence-electron chi connectivity index (χ0n) is 17.9. The number of carbonyl (C=O) groups is 1. The van der Waals surface area contributed by atoms with Gasteiger partial charge < -0.3 is 16.0 Å². The smallest absolute Gasteiger partial charge is 0.251 e. The fourth-order valence-electron chi connectivity index (χ4n) is 3.14. The largest absolute Gasteiger partial charge is 0.368 e. The Kier molecular flexibility index (Phi) is 6.35. The number of benzene rings is 1. The quantitative estimate of drug-likeness (QED) is 0.370. The maximum atomic E-state index is 12.5. The zero-order valence-corrected chi connectivity index (χ0v) is 17.9. The molecule has 4 aromatic rings. The first kappa shape index (κ1) is 21.0. The summed E-state index contributed by atoms with van der Waals surface area (Å²) in [5.74, 6) is 2.52. The van der Waals surface area contributed by atoms with Gasteiger partial charge >= 0.3 is 0 Å². The monoisotopic (exact) mass is 428 g/mol. The molecule has 0 atom stereocenters. The number of nitrogens with zero attached hydrogens (tertiary/aromatic N) is 5. The van der Waals surface area contributed by atoms with Crippen molar-refractivity contribution in [1.82, 2.24) is 30.0 Å². The lowest BCUT2D eigenvalue weighted by atomic mass is 10.2. The number of aryl methyl sites for hydroxylation is 2. The summed E-state index contributed by atoms with van der Waals surface area (Å²) in [6.45, 7) is 4.79. The van der Waals surface area contributed by atoms with Crippen LogP contribution in [-0.2, 0) is 0 Å². The van der Waals surface area contributed by atoms with E-state index in [1.165, 1.54) is 0 Å². The van der Waals surface area contributed by atoms with Gasteiger partial charge in [0.25, 0.3) is 5.91 Å². The van der Waals surface area contributed by atoms with Crippen LogP contribution in [0.1, 0.15) is 21.7 Å². The van der Waals surface area contributed by atoms with Gasteiger partial charge in [0, 0.05) is 43.3 Å². The molecule has 0 spiro atoms. The van der Waals surface area contributed by atoms with Crippen molar-refractivity contribution < 1.29 is 4.79 Å². The van der Waals surface area contributed by atoms with Crippen LogP contribution in [0.2, 0.25) is 0 Å². The fourth-order valence-corrected chi connectivity index (χ4v) is 3.14. The first-order valence-electron chi connectivity index (χ1n) is 10.2. The summed E-state index contributed by atoms with van der Waals surface area (Å²) in [5, 5.41) is 13.5. The van der Waals surface area contributed by atoms with Gasteiger partial charge in [0.2, 0.25) is 0 Å². The molecule has 3 N–H and O–H groups in total. The standard InChI is InChI=1S/C23H24N8O/c1-16-7-9-24-20(13-16)30-22-15-21(28-17(2)29-22)25-10-11-26-23(32)18-5-3-6-19(14-18)31-12-4-8-27-31/h3-9,12-15H,10-11H2,1-2H3,(H,26,32)(H2,24,25,28,29,30). The SMILES string of the molecule is Cc1ccnc(Nc2cc(NCCNC(=O)c3cccc(-n4cccn4)c3)nc(C)n2)c1. The molecule has 1 aromatic carbocycles. The van der Waals surface area contributed by atoms with Gasteiger partial charge in [-0.15, -0.1) is 0 Å². The molecule has 0 unspecified atom stereocenters. The Morgan fingerprint density at radius 1 is 0.938 bits per heavy atom. The molecule has 0 radical (unpaired) electrons. The van der Waals surface area contributed by atoms with Crippen molar-refractivity contribution in [3.05, 3.63) is 84.1 Å². The molecule has 0 aliphatic carbocycles. The van der Waals surface area contributed by atoms with E-state index >= 15 is 0 Å². The molecular formula is C23H24N8O. The Hall–Kier alpha value is -4.27. The van der Waals surface area contributed by atoms with Crippen molar-refractivity contribution >= 4 is 23.4 Å². The van der Waals surface area contributed by atoms with Crippen molar-refractivity contribution in [2.24, 2.45) is 0 Å². The minimum atomic E-state index is -0.146. The van der Waals surface area contributed by atoms with Gasteiger partial charge in [-0.2, -0.15) is 5.10 Å². The number of nitrogens with one attached hydrogen (secondary N) is 3. The fraction of sp³-hybridized carbons (Fsp3) is 0.174. The second-order valence-corrected chi connectivity index (χ2v) is 7.21. The molecule has 9 heteroatoms. The third-order valence-electron chi connectivity index (χ3n) is 4.60. The number of pyridine rings is 1. The molecule has 0 saturated heterocycles. The highest BCUT2D eigenvalue weighted by atomic mass is 16.1. The van der Waals surface area contributed by atoms with Crippen molar-refractivity contribution in [2.75, 3.05) is 23.7 Å². The average molecular weight is 429 g/mol. The lowest BCUT2D eigenvalue weighted by Gasteiger charge is -2.11. The minimum Gasteiger partial charge on any atom is -0.368 e. The molecule has 4 rings (SSSR count). The van der Waals surface area contributed by atoms with Crippen LogP contribution in [0.3, 0.4) is 0 Å². The van der Waals surface area contributed by atoms with E-state index in [1.807, 2.05) is 56.4 Å². The molecule has 9 nitrogen and oxygen atoms in total. The van der Waals surface area contributed by atoms with Crippen LogP contribution >= 0.6 is 0 Å². The number of anilines is 3. The van der Waals surface area contributed by atoms with Gasteiger partial charge in [0.15, 0.2) is 0 Å². The summed E-state index contributed by atoms with van der Waals surface area (Å²) in [6.07, 6.45) is 5.28. The third kappa shape index (κ3) is 5.45. The maximum absolute atomic E-state index is 12.5. The first-order valence-corrected chi connectivity index (χ1v) is 10.2. The number of aromatic nitrogens is 5. The van der Waals surface area contributed by atoms with Gasteiger partial charge in [-0.3, -0.25) is 4.79 Å². The van der Waals surface area contributed by atoms with E-state index in [0.717, 1.165) is 17.1 Å². The molecule has 0 aliphatic heterocycles. The van der Waals surface area contributed by atoms with E-state index in [1.54, 1.807) is 29.2 Å². The molecule has 0 bridgehead atoms. The van der Waals surface area contributed by atoms with Crippen LogP contribution in [0.4, 0.5) is 17.5 Å². The topological polar surface area (TPSA) is 110 Å². The molecule has 3 heterocycles. The van der Waals surface area contributed by atoms with Crippen molar-refractivity contribution in [3.8, 4) is 5.69 Å². The molecule has 3 aromatic heterocycles. The van der Waals surface area contributed by atoms with E-state index < -0.39 is 0 Å². The normalized spacial score (nSPS) is 10.6. The lowest BCUT2D eigenvalue weighted by molar-refractivity contribution is 0.0955. The van der Waals surface area contributed by atoms with Crippen molar-refractivity contribution in [1.29, 1.82) is 0 Å². The lowest BCUT2D eigenvalue weighted by Crippen LogP contribution is -2.29. The Bertz CT molecular complexity index is 1210. The first-order chi connectivity index (χ1) is 15.6. The Morgan fingerprint density at radius 2 is 1.81 bits per heavy atom. The van der Waals surface area contributed by atoms with Gasteiger partial charge in [0.1, 0.15) is 23.3 Å². The molecular weight excluding hydrogens is 404 g/mol. The Labute approximate surface area is 186 Å². The predicted molar refractivity (Wildman–Crippen MR) is 123 cm³/mol. The molecule has 32 heavy (non-hydrogen) atoms. The number of hydrogen-bond donors (Lipinski definition) is 3. The molecule has 1 amide bonds. The van der Waals surface area contributed by atoms with Gasteiger partial charge in [0.05, 0.1) is 5.69 Å². The van der Waals surface area contributed by atoms with Gasteiger partial charge in [-0.25, -0.2) is 19.6 Å². The summed E-state index contributed by atoms with van der Waals surface area (Å²) >= 11 is 0. The van der Waals surface area contributed by atoms with Crippen LogP contribution in [0.25, 0.3) is 5.69 Å². The average Bonchev–Trinajstić information content (AvgIpc) is 3.31. The summed E-state index contributed by atoms with van der Waals surface area (Å²) in [4.78, 5) is 25.6. The van der Waals surface area contributed by atoms with Crippen LogP contribution in [-0.4, -0.2) is 43.7 Å². The second kappa shape index (κ2) is 9.69. The van der Waals surface area contributed by atoms with E-state index in [2.05, 4.69) is 36.0 Å². The summed E-state index contributed by atoms with van der Waals surface area (Å²) < 4.78 is 1.72. The summed E-state index contributed by atoms with van der Waals surface area (Å²) in [7, 11) is 0. The minimum absolute atomic E-state index is 0.146. The summed E-state index contributed by atoms with van der Waals surface area (Å²) in [5.41, 5.74) is 2.52. The molecule has 0 aliphatic rings.